The van der Waals surface area contributed by atoms with Gasteiger partial charge in [-0.1, -0.05) is 18.2 Å². The van der Waals surface area contributed by atoms with Crippen molar-refractivity contribution in [3.05, 3.63) is 86.3 Å². The second kappa shape index (κ2) is 8.34. The third-order valence-electron chi connectivity index (χ3n) is 4.25. The molecule has 3 rings (SSSR count). The standard InChI is InChI=1S/C20H18N4O5/c1-13(21-14-6-4-3-5-7-14)19-17(12-18(25)29-2)22-23(20(19)26)15-8-10-16(11-9-15)24(27)28/h3-11,22H,12H2,1-2H3. The molecule has 9 heteroatoms. The first-order chi connectivity index (χ1) is 13.9. The van der Waals surface area contributed by atoms with Gasteiger partial charge in [-0.3, -0.25) is 29.8 Å². The summed E-state index contributed by atoms with van der Waals surface area (Å²) in [5, 5.41) is 13.8. The Labute approximate surface area is 165 Å². The van der Waals surface area contributed by atoms with Crippen molar-refractivity contribution in [2.75, 3.05) is 7.11 Å². The Kier molecular flexibility index (Phi) is 5.68. The van der Waals surface area contributed by atoms with Gasteiger partial charge in [0, 0.05) is 12.1 Å². The lowest BCUT2D eigenvalue weighted by Crippen LogP contribution is -2.20. The smallest absolute Gasteiger partial charge is 0.311 e. The fourth-order valence-electron chi connectivity index (χ4n) is 2.86. The molecule has 0 aliphatic carbocycles. The van der Waals surface area contributed by atoms with Gasteiger partial charge in [-0.2, -0.15) is 0 Å². The maximum Gasteiger partial charge on any atom is 0.311 e. The van der Waals surface area contributed by atoms with Crippen LogP contribution in [0.4, 0.5) is 11.4 Å². The van der Waals surface area contributed by atoms with Crippen molar-refractivity contribution in [3.8, 4) is 5.69 Å². The van der Waals surface area contributed by atoms with E-state index in [-0.39, 0.29) is 17.7 Å². The molecule has 0 fully saturated rings. The molecule has 9 nitrogen and oxygen atoms in total. The number of nitro groups is 1. The van der Waals surface area contributed by atoms with Crippen LogP contribution in [0.2, 0.25) is 0 Å². The largest absolute Gasteiger partial charge is 0.469 e. The van der Waals surface area contributed by atoms with Crippen LogP contribution in [0, 0.1) is 10.1 Å². The number of rotatable bonds is 6. The minimum Gasteiger partial charge on any atom is -0.469 e. The molecule has 0 radical (unpaired) electrons. The van der Waals surface area contributed by atoms with Gasteiger partial charge in [-0.25, -0.2) is 4.68 Å². The third kappa shape index (κ3) is 4.29. The summed E-state index contributed by atoms with van der Waals surface area (Å²) in [4.78, 5) is 39.7. The Morgan fingerprint density at radius 3 is 2.41 bits per heavy atom. The van der Waals surface area contributed by atoms with Crippen LogP contribution in [-0.2, 0) is 16.0 Å². The minimum absolute atomic E-state index is 0.0924. The van der Waals surface area contributed by atoms with Crippen molar-refractivity contribution in [3.63, 3.8) is 0 Å². The fraction of sp³-hybridized carbons (Fsp3) is 0.150. The number of aromatic nitrogens is 2. The number of para-hydroxylation sites is 1. The molecule has 148 valence electrons. The van der Waals surface area contributed by atoms with Crippen LogP contribution in [0.25, 0.3) is 5.69 Å². The molecule has 0 amide bonds. The highest BCUT2D eigenvalue weighted by molar-refractivity contribution is 6.01. The lowest BCUT2D eigenvalue weighted by Gasteiger charge is -2.02. The van der Waals surface area contributed by atoms with E-state index in [1.165, 1.54) is 36.1 Å². The number of ether oxygens (including phenoxy) is 1. The quantitative estimate of drug-likeness (QED) is 0.298. The van der Waals surface area contributed by atoms with Gasteiger partial charge in [0.2, 0.25) is 0 Å². The molecule has 1 N–H and O–H groups in total. The van der Waals surface area contributed by atoms with Gasteiger partial charge in [0.15, 0.2) is 0 Å². The van der Waals surface area contributed by atoms with Crippen LogP contribution in [0.15, 0.2) is 64.4 Å². The maximum atomic E-state index is 13.1. The number of nitrogens with one attached hydrogen (secondary N) is 1. The Balaban J connectivity index is 2.11. The summed E-state index contributed by atoms with van der Waals surface area (Å²) in [6.45, 7) is 1.68. The van der Waals surface area contributed by atoms with E-state index >= 15 is 0 Å². The van der Waals surface area contributed by atoms with Crippen molar-refractivity contribution >= 4 is 23.1 Å². The van der Waals surface area contributed by atoms with Gasteiger partial charge < -0.3 is 4.74 Å². The summed E-state index contributed by atoms with van der Waals surface area (Å²) in [6.07, 6.45) is -0.150. The van der Waals surface area contributed by atoms with Crippen LogP contribution in [0.3, 0.4) is 0 Å². The Morgan fingerprint density at radius 2 is 1.83 bits per heavy atom. The molecule has 0 saturated heterocycles. The van der Waals surface area contributed by atoms with Gasteiger partial charge >= 0.3 is 5.97 Å². The molecule has 2 aromatic carbocycles. The average molecular weight is 394 g/mol. The van der Waals surface area contributed by atoms with Gasteiger partial charge in [-0.15, -0.1) is 0 Å². The van der Waals surface area contributed by atoms with E-state index in [4.69, 9.17) is 4.74 Å². The van der Waals surface area contributed by atoms with E-state index in [0.29, 0.717) is 22.8 Å². The molecule has 1 heterocycles. The lowest BCUT2D eigenvalue weighted by molar-refractivity contribution is -0.384. The average Bonchev–Trinajstić information content (AvgIpc) is 3.04. The first kappa shape index (κ1) is 19.7. The highest BCUT2D eigenvalue weighted by Crippen LogP contribution is 2.17. The van der Waals surface area contributed by atoms with E-state index in [1.807, 2.05) is 18.2 Å². The number of esters is 1. The molecule has 1 aromatic heterocycles. The minimum atomic E-state index is -0.522. The molecule has 0 atom stereocenters. The second-order valence-corrected chi connectivity index (χ2v) is 6.17. The normalized spacial score (nSPS) is 11.3. The number of methoxy groups -OCH3 is 1. The van der Waals surface area contributed by atoms with Crippen LogP contribution >= 0.6 is 0 Å². The van der Waals surface area contributed by atoms with Gasteiger partial charge in [0.05, 0.1) is 46.8 Å². The molecule has 0 bridgehead atoms. The SMILES string of the molecule is COC(=O)Cc1[nH]n(-c2ccc([N+](=O)[O-])cc2)c(=O)c1C(C)=Nc1ccccc1. The van der Waals surface area contributed by atoms with Gasteiger partial charge in [0.1, 0.15) is 0 Å². The van der Waals surface area contributed by atoms with Crippen molar-refractivity contribution in [2.45, 2.75) is 13.3 Å². The third-order valence-corrected chi connectivity index (χ3v) is 4.25. The highest BCUT2D eigenvalue weighted by atomic mass is 16.6. The van der Waals surface area contributed by atoms with Crippen LogP contribution in [-0.4, -0.2) is 33.5 Å². The van der Waals surface area contributed by atoms with Crippen molar-refractivity contribution in [1.82, 2.24) is 9.78 Å². The highest BCUT2D eigenvalue weighted by Gasteiger charge is 2.20. The molecule has 0 unspecified atom stereocenters. The number of benzene rings is 2. The van der Waals surface area contributed by atoms with Crippen LogP contribution < -0.4 is 5.56 Å². The number of nitro benzene ring substituents is 1. The molecular weight excluding hydrogens is 376 g/mol. The van der Waals surface area contributed by atoms with Crippen LogP contribution in [0.5, 0.6) is 0 Å². The fourth-order valence-corrected chi connectivity index (χ4v) is 2.86. The van der Waals surface area contributed by atoms with E-state index in [0.717, 1.165) is 0 Å². The first-order valence-corrected chi connectivity index (χ1v) is 8.67. The Hall–Kier alpha value is -4.01. The number of aromatic amines is 1. The molecule has 29 heavy (non-hydrogen) atoms. The molecule has 0 saturated carbocycles. The number of non-ortho nitro benzene ring substituents is 1. The number of carbonyl (C=O) groups excluding carboxylic acids is 1. The zero-order valence-corrected chi connectivity index (χ0v) is 15.8. The van der Waals surface area contributed by atoms with E-state index in [2.05, 4.69) is 10.1 Å². The van der Waals surface area contributed by atoms with Crippen molar-refractivity contribution in [1.29, 1.82) is 0 Å². The van der Waals surface area contributed by atoms with E-state index < -0.39 is 16.5 Å². The predicted molar refractivity (Wildman–Crippen MR) is 107 cm³/mol. The monoisotopic (exact) mass is 394 g/mol. The molecule has 3 aromatic rings. The zero-order valence-electron chi connectivity index (χ0n) is 15.8. The van der Waals surface area contributed by atoms with Crippen molar-refractivity contribution < 1.29 is 14.5 Å². The van der Waals surface area contributed by atoms with Gasteiger partial charge in [-0.05, 0) is 31.2 Å². The van der Waals surface area contributed by atoms with Crippen LogP contribution in [0.1, 0.15) is 18.2 Å². The van der Waals surface area contributed by atoms with E-state index in [1.54, 1.807) is 19.1 Å². The molecule has 0 spiro atoms. The van der Waals surface area contributed by atoms with Gasteiger partial charge in [0.25, 0.3) is 11.2 Å². The predicted octanol–water partition coefficient (Wildman–Crippen LogP) is 2.93. The molecular formula is C20H18N4O5. The topological polar surface area (TPSA) is 120 Å². The number of carbonyl (C=O) groups is 1. The lowest BCUT2D eigenvalue weighted by atomic mass is 10.1. The molecule has 0 aliphatic heterocycles. The number of hydrogen-bond acceptors (Lipinski definition) is 6. The summed E-state index contributed by atoms with van der Waals surface area (Å²) in [5.41, 5.74) is 1.56. The van der Waals surface area contributed by atoms with E-state index in [9.17, 15) is 19.7 Å². The Bertz CT molecular complexity index is 1130. The summed E-state index contributed by atoms with van der Waals surface area (Å²) in [6, 6.07) is 14.6. The maximum absolute atomic E-state index is 13.1. The summed E-state index contributed by atoms with van der Waals surface area (Å²) >= 11 is 0. The summed E-state index contributed by atoms with van der Waals surface area (Å²) in [5.74, 6) is -0.518. The number of H-pyrrole nitrogens is 1. The van der Waals surface area contributed by atoms with Crippen molar-refractivity contribution in [2.24, 2.45) is 4.99 Å². The Morgan fingerprint density at radius 1 is 1.17 bits per heavy atom. The molecule has 0 aliphatic rings. The summed E-state index contributed by atoms with van der Waals surface area (Å²) in [7, 11) is 1.26. The number of hydrogen-bond donors (Lipinski definition) is 1. The second-order valence-electron chi connectivity index (χ2n) is 6.17. The first-order valence-electron chi connectivity index (χ1n) is 8.67. The summed E-state index contributed by atoms with van der Waals surface area (Å²) < 4.78 is 5.94. The zero-order chi connectivity index (χ0) is 21.0. The number of nitrogens with zero attached hydrogens (tertiary/aromatic N) is 3. The number of aliphatic imine (C=N–C) groups is 1.